The Kier molecular flexibility index (Phi) is 4.23. The smallest absolute Gasteiger partial charge is 0.262 e. The lowest BCUT2D eigenvalue weighted by Crippen LogP contribution is -2.08. The largest absolute Gasteiger partial charge is 0.270 e. The highest BCUT2D eigenvalue weighted by atomic mass is 79.9. The summed E-state index contributed by atoms with van der Waals surface area (Å²) in [6.07, 6.45) is 0.239. The molecule has 6 nitrogen and oxygen atoms in total. The van der Waals surface area contributed by atoms with Gasteiger partial charge in [-0.2, -0.15) is 8.42 Å². The van der Waals surface area contributed by atoms with Crippen molar-refractivity contribution in [3.05, 3.63) is 38.3 Å². The van der Waals surface area contributed by atoms with E-state index in [2.05, 4.69) is 15.9 Å². The molecule has 0 aliphatic carbocycles. The molecule has 0 aromatic heterocycles. The molecule has 0 saturated heterocycles. The van der Waals surface area contributed by atoms with E-state index in [1.54, 1.807) is 6.92 Å². The average molecular weight is 324 g/mol. The van der Waals surface area contributed by atoms with Crippen LogP contribution < -0.4 is 0 Å². The Hall–Kier alpha value is -0.990. The van der Waals surface area contributed by atoms with Crippen molar-refractivity contribution in [2.75, 3.05) is 6.26 Å². The summed E-state index contributed by atoms with van der Waals surface area (Å²) in [6.45, 7) is 1.55. The van der Waals surface area contributed by atoms with Crippen molar-refractivity contribution in [3.63, 3.8) is 0 Å². The summed E-state index contributed by atoms with van der Waals surface area (Å²) in [5.74, 6) is 0. The predicted octanol–water partition coefficient (Wildman–Crippen LogP) is 2.39. The fourth-order valence-corrected chi connectivity index (χ4v) is 2.59. The van der Waals surface area contributed by atoms with E-state index in [9.17, 15) is 18.5 Å². The molecule has 0 heterocycles. The van der Waals surface area contributed by atoms with Crippen LogP contribution in [0.1, 0.15) is 18.6 Å². The molecule has 0 bridgehead atoms. The second-order valence-corrected chi connectivity index (χ2v) is 5.86. The molecule has 17 heavy (non-hydrogen) atoms. The predicted molar refractivity (Wildman–Crippen MR) is 65.1 cm³/mol. The minimum Gasteiger partial charge on any atom is -0.262 e. The van der Waals surface area contributed by atoms with E-state index < -0.39 is 21.1 Å². The monoisotopic (exact) mass is 323 g/mol. The number of hydrogen-bond acceptors (Lipinski definition) is 5. The molecule has 1 rings (SSSR count). The zero-order chi connectivity index (χ0) is 13.2. The van der Waals surface area contributed by atoms with Gasteiger partial charge in [-0.3, -0.25) is 14.3 Å². The molecule has 1 aromatic rings. The van der Waals surface area contributed by atoms with Crippen LogP contribution in [0.15, 0.2) is 22.7 Å². The van der Waals surface area contributed by atoms with Crippen LogP contribution >= 0.6 is 15.9 Å². The molecule has 0 amide bonds. The minimum absolute atomic E-state index is 0.0767. The van der Waals surface area contributed by atoms with Gasteiger partial charge in [-0.05, 0) is 18.6 Å². The Balaban J connectivity index is 3.04. The summed E-state index contributed by atoms with van der Waals surface area (Å²) in [4.78, 5) is 9.99. The number of benzene rings is 1. The summed E-state index contributed by atoms with van der Waals surface area (Å²) < 4.78 is 27.1. The Morgan fingerprint density at radius 3 is 2.47 bits per heavy atom. The topological polar surface area (TPSA) is 86.5 Å². The van der Waals surface area contributed by atoms with Crippen LogP contribution in [0, 0.1) is 10.1 Å². The van der Waals surface area contributed by atoms with Gasteiger partial charge in [0, 0.05) is 16.6 Å². The molecule has 0 aliphatic heterocycles. The van der Waals surface area contributed by atoms with Gasteiger partial charge in [-0.15, -0.1) is 0 Å². The third kappa shape index (κ3) is 4.06. The lowest BCUT2D eigenvalue weighted by molar-refractivity contribution is -0.384. The third-order valence-corrected chi connectivity index (χ3v) is 3.28. The molecule has 0 spiro atoms. The molecule has 0 saturated carbocycles. The first-order valence-electron chi connectivity index (χ1n) is 4.53. The maximum Gasteiger partial charge on any atom is 0.270 e. The molecule has 0 N–H and O–H groups in total. The average Bonchev–Trinajstić information content (AvgIpc) is 2.14. The summed E-state index contributed by atoms with van der Waals surface area (Å²) in [5, 5.41) is 10.5. The van der Waals surface area contributed by atoms with E-state index in [1.807, 2.05) is 0 Å². The van der Waals surface area contributed by atoms with Crippen molar-refractivity contribution < 1.29 is 17.5 Å². The number of nitro benzene ring substituents is 1. The van der Waals surface area contributed by atoms with Gasteiger partial charge in [0.15, 0.2) is 0 Å². The summed E-state index contributed by atoms with van der Waals surface area (Å²) >= 11 is 3.14. The highest BCUT2D eigenvalue weighted by Crippen LogP contribution is 2.30. The molecule has 1 atom stereocenters. The molecule has 0 aliphatic rings. The summed E-state index contributed by atoms with van der Waals surface area (Å²) in [5.41, 5.74) is 0.452. The van der Waals surface area contributed by atoms with Crippen LogP contribution in [0.25, 0.3) is 0 Å². The van der Waals surface area contributed by atoms with Crippen molar-refractivity contribution in [3.8, 4) is 0 Å². The first kappa shape index (κ1) is 14.1. The first-order valence-corrected chi connectivity index (χ1v) is 7.14. The van der Waals surface area contributed by atoms with E-state index in [0.717, 1.165) is 6.26 Å². The van der Waals surface area contributed by atoms with Crippen LogP contribution in [-0.2, 0) is 14.3 Å². The Labute approximate surface area is 107 Å². The summed E-state index contributed by atoms with van der Waals surface area (Å²) in [7, 11) is -3.57. The van der Waals surface area contributed by atoms with Gasteiger partial charge in [0.05, 0.1) is 11.2 Å². The minimum atomic E-state index is -3.57. The van der Waals surface area contributed by atoms with Crippen molar-refractivity contribution in [1.29, 1.82) is 0 Å². The van der Waals surface area contributed by atoms with Gasteiger partial charge >= 0.3 is 0 Å². The fourth-order valence-electron chi connectivity index (χ4n) is 1.27. The maximum absolute atomic E-state index is 11.0. The van der Waals surface area contributed by atoms with Gasteiger partial charge in [-0.1, -0.05) is 15.9 Å². The van der Waals surface area contributed by atoms with Crippen LogP contribution in [0.3, 0.4) is 0 Å². The molecule has 1 aromatic carbocycles. The molecular weight excluding hydrogens is 314 g/mol. The van der Waals surface area contributed by atoms with Gasteiger partial charge in [-0.25, -0.2) is 0 Å². The number of hydrogen-bond donors (Lipinski definition) is 0. The van der Waals surface area contributed by atoms with Gasteiger partial charge in [0.25, 0.3) is 15.8 Å². The highest BCUT2D eigenvalue weighted by molar-refractivity contribution is 9.10. The van der Waals surface area contributed by atoms with Crippen molar-refractivity contribution in [2.24, 2.45) is 0 Å². The zero-order valence-corrected chi connectivity index (χ0v) is 11.5. The number of halogens is 1. The van der Waals surface area contributed by atoms with Gasteiger partial charge < -0.3 is 0 Å². The van der Waals surface area contributed by atoms with Crippen LogP contribution in [0.2, 0.25) is 0 Å². The van der Waals surface area contributed by atoms with Crippen molar-refractivity contribution in [1.82, 2.24) is 0 Å². The second-order valence-electron chi connectivity index (χ2n) is 3.41. The quantitative estimate of drug-likeness (QED) is 0.482. The molecule has 0 fully saturated rings. The standard InChI is InChI=1S/C9H10BrNO5S/c1-6(16-17(2,14)15)8-4-3-7(11(12)13)5-9(8)10/h3-6H,1-2H3. The van der Waals surface area contributed by atoms with Gasteiger partial charge in [0.1, 0.15) is 6.10 Å². The van der Waals surface area contributed by atoms with Crippen molar-refractivity contribution in [2.45, 2.75) is 13.0 Å². The molecule has 0 radical (unpaired) electrons. The first-order chi connectivity index (χ1) is 7.70. The Bertz CT molecular complexity index is 542. The highest BCUT2D eigenvalue weighted by Gasteiger charge is 2.17. The number of non-ortho nitro benzene ring substituents is 1. The van der Waals surface area contributed by atoms with E-state index in [-0.39, 0.29) is 5.69 Å². The third-order valence-electron chi connectivity index (χ3n) is 1.95. The maximum atomic E-state index is 11.0. The van der Waals surface area contributed by atoms with Crippen LogP contribution in [-0.4, -0.2) is 19.6 Å². The Morgan fingerprint density at radius 1 is 1.47 bits per heavy atom. The molecule has 94 valence electrons. The van der Waals surface area contributed by atoms with E-state index in [1.165, 1.54) is 18.2 Å². The van der Waals surface area contributed by atoms with E-state index in [4.69, 9.17) is 4.18 Å². The number of rotatable bonds is 4. The van der Waals surface area contributed by atoms with Crippen LogP contribution in [0.4, 0.5) is 5.69 Å². The summed E-state index contributed by atoms with van der Waals surface area (Å²) in [6, 6.07) is 4.05. The number of nitro groups is 1. The lowest BCUT2D eigenvalue weighted by atomic mass is 10.1. The van der Waals surface area contributed by atoms with E-state index in [0.29, 0.717) is 10.0 Å². The second kappa shape index (κ2) is 5.11. The van der Waals surface area contributed by atoms with Gasteiger partial charge in [0.2, 0.25) is 0 Å². The molecule has 1 unspecified atom stereocenters. The zero-order valence-electron chi connectivity index (χ0n) is 9.08. The van der Waals surface area contributed by atoms with Crippen LogP contribution in [0.5, 0.6) is 0 Å². The molecular formula is C9H10BrNO5S. The lowest BCUT2D eigenvalue weighted by Gasteiger charge is -2.12. The van der Waals surface area contributed by atoms with E-state index >= 15 is 0 Å². The molecule has 8 heteroatoms. The normalized spacial score (nSPS) is 13.4. The fraction of sp³-hybridized carbons (Fsp3) is 0.333. The van der Waals surface area contributed by atoms with Crippen molar-refractivity contribution >= 4 is 31.7 Å². The number of nitrogens with zero attached hydrogens (tertiary/aromatic N) is 1. The Morgan fingerprint density at radius 2 is 2.06 bits per heavy atom. The SMILES string of the molecule is CC(OS(C)(=O)=O)c1ccc([N+](=O)[O-])cc1Br.